The molecule has 214 valence electrons. The van der Waals surface area contributed by atoms with Crippen molar-refractivity contribution in [3.63, 3.8) is 0 Å². The Balaban J connectivity index is 1.59. The Hall–Kier alpha value is -3.72. The Morgan fingerprint density at radius 2 is 1.63 bits per heavy atom. The van der Waals surface area contributed by atoms with Crippen molar-refractivity contribution in [2.45, 2.75) is 63.9 Å². The fraction of sp³-hybridized carbons (Fsp3) is 0.344. The number of hydrogen-bond donors (Lipinski definition) is 3. The first kappa shape index (κ1) is 28.8. The van der Waals surface area contributed by atoms with Gasteiger partial charge in [-0.2, -0.15) is 0 Å². The summed E-state index contributed by atoms with van der Waals surface area (Å²) in [6.07, 6.45) is 0.403. The molecule has 4 N–H and O–H groups in total. The van der Waals surface area contributed by atoms with E-state index < -0.39 is 35.2 Å². The number of amides is 3. The van der Waals surface area contributed by atoms with Crippen molar-refractivity contribution in [2.75, 3.05) is 6.54 Å². The number of quaternary nitrogens is 1. The minimum Gasteiger partial charge on any atom is -0.444 e. The summed E-state index contributed by atoms with van der Waals surface area (Å²) in [5.41, 5.74) is 7.17. The molecule has 0 aromatic heterocycles. The SMILES string of the molecule is CC(C)(C)OC(=O)NCc1ccc(Cl)cc1C[N+]1(C(=O)C2(O)c3ccccc3-c3ccccc32)CCC[C@H]1C(N)=O. The van der Waals surface area contributed by atoms with Crippen LogP contribution in [0.15, 0.2) is 66.7 Å². The van der Waals surface area contributed by atoms with Crippen LogP contribution in [0.25, 0.3) is 11.1 Å². The van der Waals surface area contributed by atoms with Crippen molar-refractivity contribution in [1.82, 2.24) is 5.32 Å². The lowest BCUT2D eigenvalue weighted by atomic mass is 9.87. The molecule has 0 radical (unpaired) electrons. The summed E-state index contributed by atoms with van der Waals surface area (Å²) in [6, 6.07) is 19.0. The molecule has 0 saturated carbocycles. The molecule has 9 heteroatoms. The highest BCUT2D eigenvalue weighted by Gasteiger charge is 2.62. The van der Waals surface area contributed by atoms with E-state index in [1.807, 2.05) is 24.3 Å². The van der Waals surface area contributed by atoms with E-state index in [2.05, 4.69) is 5.32 Å². The molecule has 41 heavy (non-hydrogen) atoms. The molecule has 1 saturated heterocycles. The number of rotatable bonds is 6. The molecule has 1 unspecified atom stereocenters. The maximum Gasteiger partial charge on any atom is 0.407 e. The topological polar surface area (TPSA) is 119 Å². The Morgan fingerprint density at radius 1 is 1.02 bits per heavy atom. The monoisotopic (exact) mass is 576 g/mol. The van der Waals surface area contributed by atoms with Crippen LogP contribution in [0, 0.1) is 0 Å². The third-order valence-corrected chi connectivity index (χ3v) is 8.28. The van der Waals surface area contributed by atoms with Gasteiger partial charge in [-0.1, -0.05) is 66.2 Å². The number of carbonyl (C=O) groups excluding carboxylic acids is 3. The van der Waals surface area contributed by atoms with Crippen LogP contribution in [0.1, 0.15) is 55.9 Å². The van der Waals surface area contributed by atoms with Crippen LogP contribution < -0.4 is 11.1 Å². The van der Waals surface area contributed by atoms with E-state index in [1.165, 1.54) is 0 Å². The van der Waals surface area contributed by atoms with E-state index >= 15 is 0 Å². The maximum atomic E-state index is 14.9. The number of likely N-dealkylation sites (tertiary alicyclic amines) is 1. The van der Waals surface area contributed by atoms with Crippen LogP contribution in [-0.2, 0) is 33.0 Å². The number of ether oxygens (including phenoxy) is 1. The number of nitrogens with zero attached hydrogens (tertiary/aromatic N) is 1. The zero-order valence-electron chi connectivity index (χ0n) is 23.4. The van der Waals surface area contributed by atoms with Gasteiger partial charge in [0.05, 0.1) is 6.54 Å². The largest absolute Gasteiger partial charge is 0.444 e. The van der Waals surface area contributed by atoms with E-state index in [1.54, 1.807) is 63.2 Å². The number of aliphatic hydroxyl groups is 1. The van der Waals surface area contributed by atoms with Crippen LogP contribution in [0.2, 0.25) is 5.02 Å². The zero-order chi connectivity index (χ0) is 29.6. The summed E-state index contributed by atoms with van der Waals surface area (Å²) >= 11 is 6.42. The smallest absolute Gasteiger partial charge is 0.407 e. The first-order valence-corrected chi connectivity index (χ1v) is 14.1. The average Bonchev–Trinajstić information content (AvgIpc) is 3.46. The fourth-order valence-corrected chi connectivity index (χ4v) is 6.52. The predicted octanol–water partition coefficient (Wildman–Crippen LogP) is 4.77. The van der Waals surface area contributed by atoms with E-state index in [0.29, 0.717) is 46.7 Å². The van der Waals surface area contributed by atoms with E-state index in [-0.39, 0.29) is 17.6 Å². The number of fused-ring (bicyclic) bond motifs is 3. The Kier molecular flexibility index (Phi) is 7.44. The molecule has 5 rings (SSSR count). The summed E-state index contributed by atoms with van der Waals surface area (Å²) in [5, 5.41) is 15.7. The lowest BCUT2D eigenvalue weighted by Gasteiger charge is -2.41. The minimum absolute atomic E-state index is 0.0605. The second kappa shape index (κ2) is 10.6. The van der Waals surface area contributed by atoms with Crippen LogP contribution in [-0.4, -0.2) is 45.7 Å². The molecular formula is C32H35ClN3O5+. The van der Waals surface area contributed by atoms with Gasteiger partial charge in [-0.3, -0.25) is 4.79 Å². The van der Waals surface area contributed by atoms with Gasteiger partial charge in [0.25, 0.3) is 5.91 Å². The molecule has 3 amide bonds. The molecule has 2 atom stereocenters. The number of benzene rings is 3. The average molecular weight is 577 g/mol. The van der Waals surface area contributed by atoms with E-state index in [4.69, 9.17) is 22.1 Å². The lowest BCUT2D eigenvalue weighted by molar-refractivity contribution is -0.873. The van der Waals surface area contributed by atoms with Crippen molar-refractivity contribution in [3.8, 4) is 11.1 Å². The quantitative estimate of drug-likeness (QED) is 0.365. The number of alkyl carbamates (subject to hydrolysis) is 1. The summed E-state index contributed by atoms with van der Waals surface area (Å²) in [7, 11) is 0. The number of carbonyl (C=O) groups is 3. The third kappa shape index (κ3) is 5.12. The zero-order valence-corrected chi connectivity index (χ0v) is 24.2. The second-order valence-electron chi connectivity index (χ2n) is 11.9. The minimum atomic E-state index is -1.99. The van der Waals surface area contributed by atoms with E-state index in [0.717, 1.165) is 11.1 Å². The molecule has 0 bridgehead atoms. The van der Waals surface area contributed by atoms with Crippen LogP contribution in [0.3, 0.4) is 0 Å². The van der Waals surface area contributed by atoms with Crippen molar-refractivity contribution in [2.24, 2.45) is 5.73 Å². The first-order chi connectivity index (χ1) is 19.4. The highest BCUT2D eigenvalue weighted by atomic mass is 35.5. The molecule has 1 aliphatic heterocycles. The third-order valence-electron chi connectivity index (χ3n) is 8.04. The van der Waals surface area contributed by atoms with Gasteiger partial charge in [-0.15, -0.1) is 0 Å². The number of halogens is 1. The molecule has 8 nitrogen and oxygen atoms in total. The summed E-state index contributed by atoms with van der Waals surface area (Å²) in [4.78, 5) is 40.2. The fourth-order valence-electron chi connectivity index (χ4n) is 6.32. The Labute approximate surface area is 244 Å². The molecule has 1 aliphatic carbocycles. The van der Waals surface area contributed by atoms with Gasteiger partial charge in [0.2, 0.25) is 5.60 Å². The summed E-state index contributed by atoms with van der Waals surface area (Å²) < 4.78 is 5.02. The molecule has 3 aromatic carbocycles. The van der Waals surface area contributed by atoms with Gasteiger partial charge in [0.1, 0.15) is 12.1 Å². The molecule has 1 heterocycles. The summed E-state index contributed by atoms with van der Waals surface area (Å²) in [6.45, 7) is 5.83. The van der Waals surface area contributed by atoms with E-state index in [9.17, 15) is 19.5 Å². The normalized spacial score (nSPS) is 20.7. The molecular weight excluding hydrogens is 542 g/mol. The molecule has 0 spiro atoms. The highest BCUT2D eigenvalue weighted by Crippen LogP contribution is 2.50. The lowest BCUT2D eigenvalue weighted by Crippen LogP contribution is -2.65. The standard InChI is InChI=1S/C32H34ClN3O5/c1-31(2,3)41-30(39)35-18-20-14-15-22(33)17-21(20)19-36(16-8-13-27(36)28(34)37)29(38)32(40)25-11-6-4-9-23(25)24-10-5-7-12-26(24)32/h4-7,9-12,14-15,17,27,40H,8,13,16,18-19H2,1-3H3,(H2-,34,35,37,39)/p+1/t27-,36?/m0/s1. The number of primary amides is 1. The highest BCUT2D eigenvalue weighted by molar-refractivity contribution is 6.30. The Bertz CT molecular complexity index is 1490. The van der Waals surface area contributed by atoms with Gasteiger partial charge in [-0.25, -0.2) is 14.1 Å². The maximum absolute atomic E-state index is 14.9. The second-order valence-corrected chi connectivity index (χ2v) is 12.3. The molecule has 2 aliphatic rings. The van der Waals surface area contributed by atoms with Crippen LogP contribution >= 0.6 is 11.6 Å². The predicted molar refractivity (Wildman–Crippen MR) is 155 cm³/mol. The van der Waals surface area contributed by atoms with Crippen LogP contribution in [0.4, 0.5) is 4.79 Å². The first-order valence-electron chi connectivity index (χ1n) is 13.7. The van der Waals surface area contributed by atoms with Gasteiger partial charge in [0, 0.05) is 41.1 Å². The van der Waals surface area contributed by atoms with Crippen molar-refractivity contribution >= 4 is 29.5 Å². The number of nitrogens with one attached hydrogen (secondary N) is 1. The Morgan fingerprint density at radius 3 is 2.22 bits per heavy atom. The summed E-state index contributed by atoms with van der Waals surface area (Å²) in [5.74, 6) is -1.11. The van der Waals surface area contributed by atoms with Crippen molar-refractivity contribution < 1.29 is 28.7 Å². The van der Waals surface area contributed by atoms with Gasteiger partial charge in [-0.05, 0) is 49.6 Å². The van der Waals surface area contributed by atoms with Crippen molar-refractivity contribution in [3.05, 3.63) is 94.0 Å². The number of nitrogens with two attached hydrogens (primary N) is 1. The molecule has 3 aromatic rings. The van der Waals surface area contributed by atoms with Gasteiger partial charge >= 0.3 is 12.0 Å². The number of hydrogen-bond acceptors (Lipinski definition) is 5. The van der Waals surface area contributed by atoms with Crippen LogP contribution in [0.5, 0.6) is 0 Å². The van der Waals surface area contributed by atoms with Gasteiger partial charge in [0.15, 0.2) is 6.04 Å². The molecule has 1 fully saturated rings. The van der Waals surface area contributed by atoms with Crippen molar-refractivity contribution in [1.29, 1.82) is 0 Å². The van der Waals surface area contributed by atoms with Gasteiger partial charge < -0.3 is 20.9 Å².